The molecule has 0 amide bonds. The number of halogens is 3. The van der Waals surface area contributed by atoms with E-state index in [4.69, 9.17) is 4.74 Å². The lowest BCUT2D eigenvalue weighted by molar-refractivity contribution is -0.144. The molecule has 0 atom stereocenters. The van der Waals surface area contributed by atoms with Gasteiger partial charge in [-0.05, 0) is 56.2 Å². The Morgan fingerprint density at radius 2 is 1.73 bits per heavy atom. The van der Waals surface area contributed by atoms with Gasteiger partial charge in [-0.2, -0.15) is 13.2 Å². The number of rotatable bonds is 3. The maximum Gasteiger partial charge on any atom is 0.416 e. The van der Waals surface area contributed by atoms with Crippen molar-refractivity contribution in [3.63, 3.8) is 0 Å². The first-order valence-corrected chi connectivity index (χ1v) is 7.40. The van der Waals surface area contributed by atoms with E-state index in [2.05, 4.69) is 0 Å². The molecule has 1 aliphatic carbocycles. The molecule has 2 rings (SSSR count). The minimum Gasteiger partial charge on any atom is -0.459 e. The minimum atomic E-state index is -4.29. The van der Waals surface area contributed by atoms with Gasteiger partial charge in [0.15, 0.2) is 0 Å². The van der Waals surface area contributed by atoms with Crippen molar-refractivity contribution < 1.29 is 22.7 Å². The Morgan fingerprint density at radius 1 is 1.14 bits per heavy atom. The molecule has 1 aromatic carbocycles. The first kappa shape index (κ1) is 16.6. The highest BCUT2D eigenvalue weighted by Gasteiger charge is 2.31. The van der Waals surface area contributed by atoms with E-state index >= 15 is 0 Å². The van der Waals surface area contributed by atoms with Crippen LogP contribution in [-0.4, -0.2) is 12.1 Å². The van der Waals surface area contributed by atoms with Gasteiger partial charge in [-0.3, -0.25) is 0 Å². The second-order valence-electron chi connectivity index (χ2n) is 5.53. The zero-order valence-corrected chi connectivity index (χ0v) is 12.4. The molecule has 0 radical (unpaired) electrons. The van der Waals surface area contributed by atoms with Crippen LogP contribution < -0.4 is 0 Å². The van der Waals surface area contributed by atoms with Crippen LogP contribution in [0.15, 0.2) is 36.4 Å². The number of ether oxygens (including phenoxy) is 1. The van der Waals surface area contributed by atoms with Crippen molar-refractivity contribution in [3.05, 3.63) is 47.5 Å². The van der Waals surface area contributed by atoms with Crippen molar-refractivity contribution in [1.82, 2.24) is 0 Å². The molecule has 0 saturated heterocycles. The summed E-state index contributed by atoms with van der Waals surface area (Å²) >= 11 is 0. The molecule has 120 valence electrons. The summed E-state index contributed by atoms with van der Waals surface area (Å²) in [5.74, 6) is -0.0977. The van der Waals surface area contributed by atoms with E-state index in [1.165, 1.54) is 6.08 Å². The summed E-state index contributed by atoms with van der Waals surface area (Å²) in [4.78, 5) is 11.4. The Morgan fingerprint density at radius 3 is 2.23 bits per heavy atom. The van der Waals surface area contributed by atoms with Crippen LogP contribution in [0.1, 0.15) is 49.7 Å². The Labute approximate surface area is 128 Å². The van der Waals surface area contributed by atoms with Crippen LogP contribution in [0.3, 0.4) is 0 Å². The maximum atomic E-state index is 12.5. The molecule has 0 bridgehead atoms. The van der Waals surface area contributed by atoms with Gasteiger partial charge in [-0.25, -0.2) is 4.79 Å². The number of hydrogen-bond acceptors (Lipinski definition) is 2. The molecule has 0 heterocycles. The first-order chi connectivity index (χ1) is 10.4. The monoisotopic (exact) mass is 312 g/mol. The van der Waals surface area contributed by atoms with Gasteiger partial charge >= 0.3 is 12.1 Å². The molecule has 0 unspecified atom stereocenters. The molecule has 0 aliphatic heterocycles. The van der Waals surface area contributed by atoms with E-state index in [-0.39, 0.29) is 18.0 Å². The fraction of sp³-hybridized carbons (Fsp3) is 0.471. The molecule has 1 fully saturated rings. The Bertz CT molecular complexity index is 524. The summed E-state index contributed by atoms with van der Waals surface area (Å²) in [7, 11) is 0. The smallest absolute Gasteiger partial charge is 0.416 e. The quantitative estimate of drug-likeness (QED) is 0.589. The molecule has 0 spiro atoms. The van der Waals surface area contributed by atoms with Gasteiger partial charge in [0.05, 0.1) is 5.56 Å². The molecule has 1 aliphatic rings. The highest BCUT2D eigenvalue weighted by molar-refractivity contribution is 5.81. The second-order valence-corrected chi connectivity index (χ2v) is 5.53. The lowest BCUT2D eigenvalue weighted by Crippen LogP contribution is -2.23. The zero-order valence-electron chi connectivity index (χ0n) is 12.4. The summed E-state index contributed by atoms with van der Waals surface area (Å²) in [5.41, 5.74) is 0.302. The number of carbonyl (C=O) groups is 1. The molecule has 2 nitrogen and oxygen atoms in total. The predicted molar refractivity (Wildman–Crippen MR) is 77.3 cm³/mol. The highest BCUT2D eigenvalue weighted by Crippen LogP contribution is 2.36. The number of esters is 1. The van der Waals surface area contributed by atoms with E-state index in [1.807, 2.05) is 0 Å². The fourth-order valence-corrected chi connectivity index (χ4v) is 2.80. The molecular weight excluding hydrogens is 293 g/mol. The molecule has 5 heteroatoms. The lowest BCUT2D eigenvalue weighted by atomic mass is 9.82. The molecule has 0 aromatic heterocycles. The average molecular weight is 312 g/mol. The van der Waals surface area contributed by atoms with Gasteiger partial charge in [-0.15, -0.1) is 0 Å². The summed E-state index contributed by atoms with van der Waals surface area (Å²) in [6.07, 6.45) is 1.77. The number of hydrogen-bond donors (Lipinski definition) is 0. The van der Waals surface area contributed by atoms with Crippen LogP contribution in [0, 0.1) is 0 Å². The van der Waals surface area contributed by atoms with Gasteiger partial charge < -0.3 is 4.74 Å². The van der Waals surface area contributed by atoms with Gasteiger partial charge in [-0.1, -0.05) is 18.2 Å². The SMILES string of the molecule is CC=CC(=O)OC1CCC(c2ccc(C(F)(F)F)cc2)CC1. The number of benzene rings is 1. The third-order valence-corrected chi connectivity index (χ3v) is 3.97. The van der Waals surface area contributed by atoms with Crippen molar-refractivity contribution in [2.24, 2.45) is 0 Å². The summed E-state index contributed by atoms with van der Waals surface area (Å²) in [6.45, 7) is 1.75. The third kappa shape index (κ3) is 4.36. The number of carbonyl (C=O) groups excluding carboxylic acids is 1. The topological polar surface area (TPSA) is 26.3 Å². The predicted octanol–water partition coefficient (Wildman–Crippen LogP) is 4.85. The number of alkyl halides is 3. The van der Waals surface area contributed by atoms with Crippen molar-refractivity contribution in [1.29, 1.82) is 0 Å². The molecule has 0 N–H and O–H groups in total. The summed E-state index contributed by atoms with van der Waals surface area (Å²) in [5, 5.41) is 0. The van der Waals surface area contributed by atoms with E-state index in [0.717, 1.165) is 43.4 Å². The van der Waals surface area contributed by atoms with Crippen molar-refractivity contribution in [2.45, 2.75) is 50.8 Å². The van der Waals surface area contributed by atoms with Crippen LogP contribution in [0.2, 0.25) is 0 Å². The summed E-state index contributed by atoms with van der Waals surface area (Å²) < 4.78 is 42.9. The van der Waals surface area contributed by atoms with E-state index in [1.54, 1.807) is 25.1 Å². The minimum absolute atomic E-state index is 0.0885. The first-order valence-electron chi connectivity index (χ1n) is 7.40. The fourth-order valence-electron chi connectivity index (χ4n) is 2.80. The van der Waals surface area contributed by atoms with Crippen LogP contribution in [0.4, 0.5) is 13.2 Å². The van der Waals surface area contributed by atoms with Crippen molar-refractivity contribution in [2.75, 3.05) is 0 Å². The Kier molecular flexibility index (Phi) is 5.27. The second kappa shape index (κ2) is 6.99. The van der Waals surface area contributed by atoms with Crippen LogP contribution in [0.25, 0.3) is 0 Å². The van der Waals surface area contributed by atoms with Crippen molar-refractivity contribution >= 4 is 5.97 Å². The average Bonchev–Trinajstić information content (AvgIpc) is 2.47. The van der Waals surface area contributed by atoms with E-state index < -0.39 is 11.7 Å². The van der Waals surface area contributed by atoms with Gasteiger partial charge in [0.2, 0.25) is 0 Å². The third-order valence-electron chi connectivity index (χ3n) is 3.97. The lowest BCUT2D eigenvalue weighted by Gasteiger charge is -2.28. The van der Waals surface area contributed by atoms with Gasteiger partial charge in [0.25, 0.3) is 0 Å². The normalized spacial score (nSPS) is 22.7. The largest absolute Gasteiger partial charge is 0.459 e. The molecule has 1 saturated carbocycles. The highest BCUT2D eigenvalue weighted by atomic mass is 19.4. The van der Waals surface area contributed by atoms with Crippen LogP contribution in [0.5, 0.6) is 0 Å². The Balaban J connectivity index is 1.90. The van der Waals surface area contributed by atoms with Crippen LogP contribution >= 0.6 is 0 Å². The van der Waals surface area contributed by atoms with E-state index in [0.29, 0.717) is 0 Å². The van der Waals surface area contributed by atoms with Crippen molar-refractivity contribution in [3.8, 4) is 0 Å². The maximum absolute atomic E-state index is 12.5. The molecule has 22 heavy (non-hydrogen) atoms. The number of allylic oxidation sites excluding steroid dienone is 1. The molecule has 1 aromatic rings. The standard InChI is InChI=1S/C17H19F3O2/c1-2-3-16(21)22-15-10-6-13(7-11-15)12-4-8-14(9-5-12)17(18,19)20/h2-5,8-9,13,15H,6-7,10-11H2,1H3. The van der Waals surface area contributed by atoms with Crippen LogP contribution in [-0.2, 0) is 15.7 Å². The Hall–Kier alpha value is -1.78. The zero-order chi connectivity index (χ0) is 16.2. The molecular formula is C17H19F3O2. The van der Waals surface area contributed by atoms with Gasteiger partial charge in [0.1, 0.15) is 6.10 Å². The van der Waals surface area contributed by atoms with Gasteiger partial charge in [0, 0.05) is 6.08 Å². The summed E-state index contributed by atoms with van der Waals surface area (Å²) in [6, 6.07) is 5.38. The van der Waals surface area contributed by atoms with E-state index in [9.17, 15) is 18.0 Å².